The maximum absolute atomic E-state index is 12.4. The first-order chi connectivity index (χ1) is 9.26. The van der Waals surface area contributed by atoms with Crippen molar-refractivity contribution in [2.45, 2.75) is 63.7 Å². The Morgan fingerprint density at radius 1 is 1.30 bits per heavy atom. The maximum atomic E-state index is 12.4. The highest BCUT2D eigenvalue weighted by Crippen LogP contribution is 2.40. The van der Waals surface area contributed by atoms with Crippen molar-refractivity contribution in [1.82, 2.24) is 4.90 Å². The molecule has 0 aliphatic carbocycles. The lowest BCUT2D eigenvalue weighted by molar-refractivity contribution is -0.154. The van der Waals surface area contributed by atoms with E-state index in [0.29, 0.717) is 26.0 Å². The summed E-state index contributed by atoms with van der Waals surface area (Å²) in [6.07, 6.45) is 1.61. The van der Waals surface area contributed by atoms with Crippen LogP contribution in [0.25, 0.3) is 0 Å². The van der Waals surface area contributed by atoms with Gasteiger partial charge in [0, 0.05) is 6.54 Å². The summed E-state index contributed by atoms with van der Waals surface area (Å²) >= 11 is 0. The van der Waals surface area contributed by atoms with Crippen LogP contribution in [0.4, 0.5) is 4.79 Å². The quantitative estimate of drug-likeness (QED) is 0.797. The number of ether oxygens (including phenoxy) is 2. The predicted octanol–water partition coefficient (Wildman–Crippen LogP) is 2.02. The molecule has 0 aromatic carbocycles. The molecule has 6 heteroatoms. The zero-order valence-corrected chi connectivity index (χ0v) is 12.3. The van der Waals surface area contributed by atoms with E-state index in [-0.39, 0.29) is 0 Å². The molecule has 1 spiro atoms. The molecule has 0 aromatic heterocycles. The van der Waals surface area contributed by atoms with Gasteiger partial charge in [-0.25, -0.2) is 9.59 Å². The lowest BCUT2D eigenvalue weighted by atomic mass is 9.81. The van der Waals surface area contributed by atoms with Gasteiger partial charge in [0.25, 0.3) is 0 Å². The molecular formula is C14H23NO5. The van der Waals surface area contributed by atoms with Gasteiger partial charge in [0.15, 0.2) is 6.10 Å². The molecule has 2 heterocycles. The van der Waals surface area contributed by atoms with Crippen molar-refractivity contribution in [3.05, 3.63) is 0 Å². The van der Waals surface area contributed by atoms with Gasteiger partial charge in [-0.15, -0.1) is 0 Å². The summed E-state index contributed by atoms with van der Waals surface area (Å²) in [7, 11) is 0. The average Bonchev–Trinajstić information content (AvgIpc) is 2.71. The number of hydrogen-bond donors (Lipinski definition) is 1. The Hall–Kier alpha value is -1.30. The molecule has 0 aromatic rings. The molecule has 0 saturated carbocycles. The van der Waals surface area contributed by atoms with Gasteiger partial charge in [0.2, 0.25) is 0 Å². The minimum atomic E-state index is -1.00. The van der Waals surface area contributed by atoms with Crippen molar-refractivity contribution in [3.8, 4) is 0 Å². The Kier molecular flexibility index (Phi) is 3.95. The molecule has 1 N–H and O–H groups in total. The minimum Gasteiger partial charge on any atom is -0.479 e. The van der Waals surface area contributed by atoms with Crippen molar-refractivity contribution in [2.75, 3.05) is 13.2 Å². The largest absolute Gasteiger partial charge is 0.479 e. The highest BCUT2D eigenvalue weighted by molar-refractivity contribution is 5.77. The lowest BCUT2D eigenvalue weighted by Crippen LogP contribution is -2.61. The van der Waals surface area contributed by atoms with Gasteiger partial charge in [-0.3, -0.25) is 4.90 Å². The summed E-state index contributed by atoms with van der Waals surface area (Å²) in [5, 5.41) is 9.36. The number of carboxylic acids is 1. The van der Waals surface area contributed by atoms with Gasteiger partial charge in [-0.1, -0.05) is 0 Å². The van der Waals surface area contributed by atoms with Crippen molar-refractivity contribution >= 4 is 12.1 Å². The van der Waals surface area contributed by atoms with Crippen LogP contribution in [0, 0.1) is 0 Å². The second-order valence-corrected chi connectivity index (χ2v) is 6.53. The van der Waals surface area contributed by atoms with E-state index in [0.717, 1.165) is 12.8 Å². The third-order valence-corrected chi connectivity index (χ3v) is 3.92. The number of aliphatic carboxylic acids is 1. The van der Waals surface area contributed by atoms with Gasteiger partial charge in [0.05, 0.1) is 12.1 Å². The summed E-state index contributed by atoms with van der Waals surface area (Å²) in [6.45, 7) is 6.32. The van der Waals surface area contributed by atoms with Crippen LogP contribution in [0.1, 0.15) is 46.5 Å². The number of likely N-dealkylation sites (tertiary alicyclic amines) is 1. The van der Waals surface area contributed by atoms with Gasteiger partial charge in [-0.2, -0.15) is 0 Å². The Labute approximate surface area is 119 Å². The summed E-state index contributed by atoms with van der Waals surface area (Å²) in [5.74, 6) is -1.00. The first-order valence-electron chi connectivity index (χ1n) is 7.11. The highest BCUT2D eigenvalue weighted by Gasteiger charge is 2.55. The highest BCUT2D eigenvalue weighted by atomic mass is 16.6. The van der Waals surface area contributed by atoms with Crippen LogP contribution in [-0.4, -0.2) is 52.5 Å². The van der Waals surface area contributed by atoms with E-state index >= 15 is 0 Å². The van der Waals surface area contributed by atoms with Crippen LogP contribution in [0.5, 0.6) is 0 Å². The average molecular weight is 285 g/mol. The zero-order chi connectivity index (χ0) is 15.0. The van der Waals surface area contributed by atoms with Gasteiger partial charge in [-0.05, 0) is 46.5 Å². The third kappa shape index (κ3) is 2.75. The van der Waals surface area contributed by atoms with E-state index in [2.05, 4.69) is 0 Å². The second-order valence-electron chi connectivity index (χ2n) is 6.53. The molecule has 2 atom stereocenters. The molecule has 114 valence electrons. The Morgan fingerprint density at radius 2 is 2.00 bits per heavy atom. The van der Waals surface area contributed by atoms with Crippen LogP contribution in [-0.2, 0) is 14.3 Å². The Morgan fingerprint density at radius 3 is 2.60 bits per heavy atom. The molecule has 2 unspecified atom stereocenters. The number of rotatable bonds is 1. The lowest BCUT2D eigenvalue weighted by Gasteiger charge is -2.46. The molecule has 2 aliphatic rings. The molecular weight excluding hydrogens is 262 g/mol. The van der Waals surface area contributed by atoms with Gasteiger partial charge in [0.1, 0.15) is 5.60 Å². The molecule has 2 rings (SSSR count). The summed E-state index contributed by atoms with van der Waals surface area (Å²) in [6, 6.07) is 0. The van der Waals surface area contributed by atoms with Crippen LogP contribution in [0.2, 0.25) is 0 Å². The summed E-state index contributed by atoms with van der Waals surface area (Å²) in [5.41, 5.74) is -1.33. The first kappa shape index (κ1) is 15.1. The van der Waals surface area contributed by atoms with Crippen molar-refractivity contribution < 1.29 is 24.2 Å². The van der Waals surface area contributed by atoms with E-state index in [1.807, 2.05) is 0 Å². The van der Waals surface area contributed by atoms with Crippen LogP contribution in [0.3, 0.4) is 0 Å². The number of nitrogens with zero attached hydrogens (tertiary/aromatic N) is 1. The molecule has 6 nitrogen and oxygen atoms in total. The Balaban J connectivity index is 2.25. The molecule has 2 fully saturated rings. The molecule has 1 amide bonds. The molecule has 20 heavy (non-hydrogen) atoms. The number of carboxylic acid groups (broad SMARTS) is 1. The smallest absolute Gasteiger partial charge is 0.410 e. The normalized spacial score (nSPS) is 30.6. The van der Waals surface area contributed by atoms with Gasteiger partial charge >= 0.3 is 12.1 Å². The van der Waals surface area contributed by atoms with E-state index in [9.17, 15) is 14.7 Å². The summed E-state index contributed by atoms with van der Waals surface area (Å²) in [4.78, 5) is 25.4. The SMILES string of the molecule is CC(C)(C)OC(=O)N1CCCCC12CCOC2C(=O)O. The van der Waals surface area contributed by atoms with Crippen molar-refractivity contribution in [1.29, 1.82) is 0 Å². The number of carbonyl (C=O) groups excluding carboxylic acids is 1. The predicted molar refractivity (Wildman–Crippen MR) is 71.5 cm³/mol. The molecule has 0 bridgehead atoms. The molecule has 0 radical (unpaired) electrons. The van der Waals surface area contributed by atoms with E-state index in [4.69, 9.17) is 9.47 Å². The molecule has 2 aliphatic heterocycles. The number of carbonyl (C=O) groups is 2. The fraction of sp³-hybridized carbons (Fsp3) is 0.857. The van der Waals surface area contributed by atoms with Gasteiger partial charge < -0.3 is 14.6 Å². The fourth-order valence-corrected chi connectivity index (χ4v) is 3.12. The van der Waals surface area contributed by atoms with Crippen LogP contribution < -0.4 is 0 Å². The number of amides is 1. The first-order valence-corrected chi connectivity index (χ1v) is 7.11. The van der Waals surface area contributed by atoms with Crippen molar-refractivity contribution in [2.24, 2.45) is 0 Å². The molecule has 2 saturated heterocycles. The van der Waals surface area contributed by atoms with Crippen LogP contribution in [0.15, 0.2) is 0 Å². The van der Waals surface area contributed by atoms with Crippen molar-refractivity contribution in [3.63, 3.8) is 0 Å². The number of hydrogen-bond acceptors (Lipinski definition) is 4. The van der Waals surface area contributed by atoms with Crippen LogP contribution >= 0.6 is 0 Å². The Bertz CT molecular complexity index is 403. The minimum absolute atomic E-state index is 0.371. The third-order valence-electron chi connectivity index (χ3n) is 3.92. The maximum Gasteiger partial charge on any atom is 0.410 e. The zero-order valence-electron chi connectivity index (χ0n) is 12.3. The van der Waals surface area contributed by atoms with E-state index in [1.165, 1.54) is 0 Å². The monoisotopic (exact) mass is 285 g/mol. The number of piperidine rings is 1. The van der Waals surface area contributed by atoms with E-state index < -0.39 is 29.3 Å². The second kappa shape index (κ2) is 5.24. The summed E-state index contributed by atoms with van der Waals surface area (Å²) < 4.78 is 10.8. The fourth-order valence-electron chi connectivity index (χ4n) is 3.12. The van der Waals surface area contributed by atoms with E-state index in [1.54, 1.807) is 25.7 Å². The standard InChI is InChI=1S/C14H23NO5/c1-13(2,3)20-12(18)15-8-5-4-6-14(15)7-9-19-10(14)11(16)17/h10H,4-9H2,1-3H3,(H,16,17). The topological polar surface area (TPSA) is 76.1 Å².